The van der Waals surface area contributed by atoms with E-state index in [9.17, 15) is 4.79 Å². The highest BCUT2D eigenvalue weighted by Crippen LogP contribution is 2.30. The highest BCUT2D eigenvalue weighted by molar-refractivity contribution is 7.13. The van der Waals surface area contributed by atoms with E-state index < -0.39 is 0 Å². The maximum atomic E-state index is 10.8. The van der Waals surface area contributed by atoms with Gasteiger partial charge in [0.15, 0.2) is 0 Å². The van der Waals surface area contributed by atoms with Gasteiger partial charge in [0.2, 0.25) is 0 Å². The summed E-state index contributed by atoms with van der Waals surface area (Å²) < 4.78 is 5.92. The summed E-state index contributed by atoms with van der Waals surface area (Å²) in [5, 5.41) is 1.93. The number of carbonyl (C=O) groups excluding carboxylic acids is 1. The molecule has 2 heterocycles. The van der Waals surface area contributed by atoms with Crippen LogP contribution in [0, 0.1) is 0 Å². The van der Waals surface area contributed by atoms with Crippen LogP contribution in [0.4, 0.5) is 11.5 Å². The third-order valence-electron chi connectivity index (χ3n) is 5.34. The van der Waals surface area contributed by atoms with E-state index in [1.54, 1.807) is 17.6 Å². The van der Waals surface area contributed by atoms with Crippen molar-refractivity contribution in [1.82, 2.24) is 9.27 Å². The van der Waals surface area contributed by atoms with Gasteiger partial charge in [0.1, 0.15) is 12.1 Å². The standard InChI is InChI=1S/C21H23ClN4OS/c22-18-14-19(23)16(6-12-27)13-15(18)5-7-25-8-10-26(11-9-25)21-17-3-1-2-4-20(17)28-24-21/h1-4,12-14H,5-11,23H2. The Labute approximate surface area is 173 Å². The Morgan fingerprint density at radius 3 is 2.71 bits per heavy atom. The number of aromatic nitrogens is 1. The zero-order valence-corrected chi connectivity index (χ0v) is 17.2. The highest BCUT2D eigenvalue weighted by Gasteiger charge is 2.20. The number of rotatable bonds is 6. The van der Waals surface area contributed by atoms with Gasteiger partial charge in [0, 0.05) is 55.2 Å². The van der Waals surface area contributed by atoms with Crippen LogP contribution in [0.3, 0.4) is 0 Å². The van der Waals surface area contributed by atoms with Gasteiger partial charge in [-0.15, -0.1) is 0 Å². The molecule has 4 rings (SSSR count). The summed E-state index contributed by atoms with van der Waals surface area (Å²) in [5.74, 6) is 1.11. The molecule has 0 radical (unpaired) electrons. The quantitative estimate of drug-likeness (QED) is 0.493. The van der Waals surface area contributed by atoms with Crippen LogP contribution in [0.2, 0.25) is 5.02 Å². The molecular weight excluding hydrogens is 392 g/mol. The number of hydrogen-bond acceptors (Lipinski definition) is 6. The predicted octanol–water partition coefficient (Wildman–Crippen LogP) is 3.64. The molecule has 0 saturated carbocycles. The normalized spacial score (nSPS) is 15.2. The molecule has 1 aromatic heterocycles. The number of carbonyl (C=O) groups is 1. The van der Waals surface area contributed by atoms with Crippen LogP contribution < -0.4 is 10.6 Å². The fourth-order valence-electron chi connectivity index (χ4n) is 3.71. The van der Waals surface area contributed by atoms with E-state index in [-0.39, 0.29) is 0 Å². The third kappa shape index (κ3) is 3.99. The first kappa shape index (κ1) is 19.2. The molecule has 3 aromatic rings. The monoisotopic (exact) mass is 414 g/mol. The van der Waals surface area contributed by atoms with Gasteiger partial charge in [-0.3, -0.25) is 4.90 Å². The van der Waals surface area contributed by atoms with Crippen LogP contribution >= 0.6 is 23.1 Å². The number of piperazine rings is 1. The fraction of sp³-hybridized carbons (Fsp3) is 0.333. The fourth-order valence-corrected chi connectivity index (χ4v) is 4.77. The van der Waals surface area contributed by atoms with E-state index in [1.807, 2.05) is 6.07 Å². The lowest BCUT2D eigenvalue weighted by Crippen LogP contribution is -2.47. The molecule has 0 amide bonds. The molecule has 0 spiro atoms. The summed E-state index contributed by atoms with van der Waals surface area (Å²) in [5.41, 5.74) is 8.45. The zero-order chi connectivity index (χ0) is 19.5. The Bertz CT molecular complexity index is 982. The van der Waals surface area contributed by atoms with Crippen molar-refractivity contribution in [3.05, 3.63) is 52.5 Å². The first-order valence-corrected chi connectivity index (χ1v) is 10.6. The summed E-state index contributed by atoms with van der Waals surface area (Å²) in [6.45, 7) is 4.88. The molecule has 7 heteroatoms. The summed E-state index contributed by atoms with van der Waals surface area (Å²) >= 11 is 7.93. The van der Waals surface area contributed by atoms with Crippen molar-refractivity contribution in [3.8, 4) is 0 Å². The van der Waals surface area contributed by atoms with E-state index in [4.69, 9.17) is 17.3 Å². The van der Waals surface area contributed by atoms with Gasteiger partial charge in [0.05, 0.1) is 4.70 Å². The van der Waals surface area contributed by atoms with Crippen molar-refractivity contribution in [3.63, 3.8) is 0 Å². The average Bonchev–Trinajstić information content (AvgIpc) is 3.14. The number of nitrogens with zero attached hydrogens (tertiary/aromatic N) is 3. The first-order chi connectivity index (χ1) is 13.7. The highest BCUT2D eigenvalue weighted by atomic mass is 35.5. The van der Waals surface area contributed by atoms with Crippen LogP contribution in [0.5, 0.6) is 0 Å². The SMILES string of the molecule is Nc1cc(Cl)c(CCN2CCN(c3nsc4ccccc34)CC2)cc1CC=O. The molecule has 1 fully saturated rings. The van der Waals surface area contributed by atoms with Crippen LogP contribution in [-0.2, 0) is 17.6 Å². The number of benzene rings is 2. The molecular formula is C21H23ClN4OS. The molecule has 0 bridgehead atoms. The van der Waals surface area contributed by atoms with Crippen molar-refractivity contribution < 1.29 is 4.79 Å². The third-order valence-corrected chi connectivity index (χ3v) is 6.51. The number of halogens is 1. The largest absolute Gasteiger partial charge is 0.398 e. The molecule has 0 unspecified atom stereocenters. The second-order valence-electron chi connectivity index (χ2n) is 7.09. The van der Waals surface area contributed by atoms with E-state index >= 15 is 0 Å². The number of anilines is 2. The minimum Gasteiger partial charge on any atom is -0.398 e. The molecule has 2 N–H and O–H groups in total. The molecule has 2 aromatic carbocycles. The molecule has 1 aliphatic heterocycles. The number of nitrogens with two attached hydrogens (primary N) is 1. The molecule has 0 atom stereocenters. The van der Waals surface area contributed by atoms with E-state index in [1.165, 1.54) is 10.1 Å². The Morgan fingerprint density at radius 1 is 1.14 bits per heavy atom. The van der Waals surface area contributed by atoms with Gasteiger partial charge in [-0.1, -0.05) is 29.8 Å². The molecule has 146 valence electrons. The summed E-state index contributed by atoms with van der Waals surface area (Å²) in [7, 11) is 0. The Kier molecular flexibility index (Phi) is 5.80. The van der Waals surface area contributed by atoms with E-state index in [2.05, 4.69) is 38.4 Å². The van der Waals surface area contributed by atoms with Crippen molar-refractivity contribution in [2.24, 2.45) is 0 Å². The summed E-state index contributed by atoms with van der Waals surface area (Å²) in [6.07, 6.45) is 2.06. The zero-order valence-electron chi connectivity index (χ0n) is 15.6. The molecule has 1 saturated heterocycles. The van der Waals surface area contributed by atoms with Crippen LogP contribution in [0.15, 0.2) is 36.4 Å². The molecule has 0 aliphatic carbocycles. The lowest BCUT2D eigenvalue weighted by molar-refractivity contribution is -0.107. The number of aldehydes is 1. The number of fused-ring (bicyclic) bond motifs is 1. The predicted molar refractivity (Wildman–Crippen MR) is 118 cm³/mol. The smallest absolute Gasteiger partial charge is 0.150 e. The lowest BCUT2D eigenvalue weighted by atomic mass is 10.0. The van der Waals surface area contributed by atoms with Crippen molar-refractivity contribution in [2.45, 2.75) is 12.8 Å². The first-order valence-electron chi connectivity index (χ1n) is 9.48. The van der Waals surface area contributed by atoms with Crippen LogP contribution in [-0.4, -0.2) is 48.3 Å². The molecule has 1 aliphatic rings. The topological polar surface area (TPSA) is 62.5 Å². The summed E-state index contributed by atoms with van der Waals surface area (Å²) in [4.78, 5) is 15.7. The molecule has 5 nitrogen and oxygen atoms in total. The van der Waals surface area contributed by atoms with Crippen LogP contribution in [0.1, 0.15) is 11.1 Å². The van der Waals surface area contributed by atoms with E-state index in [0.29, 0.717) is 17.1 Å². The second-order valence-corrected chi connectivity index (χ2v) is 8.31. The van der Waals surface area contributed by atoms with Gasteiger partial charge in [-0.05, 0) is 47.3 Å². The minimum absolute atomic E-state index is 0.330. The van der Waals surface area contributed by atoms with Gasteiger partial charge in [-0.2, -0.15) is 4.37 Å². The Balaban J connectivity index is 1.36. The number of hydrogen-bond donors (Lipinski definition) is 1. The van der Waals surface area contributed by atoms with Crippen molar-refractivity contribution in [2.75, 3.05) is 43.4 Å². The lowest BCUT2D eigenvalue weighted by Gasteiger charge is -2.35. The molecule has 28 heavy (non-hydrogen) atoms. The second kappa shape index (κ2) is 8.47. The summed E-state index contributed by atoms with van der Waals surface area (Å²) in [6, 6.07) is 12.2. The maximum absolute atomic E-state index is 10.8. The van der Waals surface area contributed by atoms with Gasteiger partial charge in [-0.25, -0.2) is 0 Å². The van der Waals surface area contributed by atoms with Crippen molar-refractivity contribution >= 4 is 51.0 Å². The Hall–Kier alpha value is -2.15. The van der Waals surface area contributed by atoms with Crippen molar-refractivity contribution in [1.29, 1.82) is 0 Å². The minimum atomic E-state index is 0.330. The Morgan fingerprint density at radius 2 is 1.93 bits per heavy atom. The van der Waals surface area contributed by atoms with Crippen LogP contribution in [0.25, 0.3) is 10.1 Å². The van der Waals surface area contributed by atoms with E-state index in [0.717, 1.165) is 62.4 Å². The van der Waals surface area contributed by atoms with Gasteiger partial charge >= 0.3 is 0 Å². The number of nitrogen functional groups attached to an aromatic ring is 1. The van der Waals surface area contributed by atoms with Gasteiger partial charge < -0.3 is 15.4 Å². The maximum Gasteiger partial charge on any atom is 0.150 e. The average molecular weight is 415 g/mol. The van der Waals surface area contributed by atoms with Gasteiger partial charge in [0.25, 0.3) is 0 Å².